The second kappa shape index (κ2) is 6.33. The van der Waals surface area contributed by atoms with Crippen LogP contribution in [-0.4, -0.2) is 44.6 Å². The Kier molecular flexibility index (Phi) is 4.90. The molecule has 116 valence electrons. The Morgan fingerprint density at radius 1 is 1.33 bits per heavy atom. The minimum Gasteiger partial charge on any atom is -0.399 e. The molecule has 0 aromatic heterocycles. The molecule has 0 unspecified atom stereocenters. The van der Waals surface area contributed by atoms with E-state index in [0.29, 0.717) is 37.2 Å². The Hall–Kier alpha value is -1.12. The summed E-state index contributed by atoms with van der Waals surface area (Å²) in [4.78, 5) is 14.1. The summed E-state index contributed by atoms with van der Waals surface area (Å²) in [7, 11) is -3.20. The van der Waals surface area contributed by atoms with Crippen molar-refractivity contribution in [2.75, 3.05) is 25.1 Å². The lowest BCUT2D eigenvalue weighted by atomic mass is 10.0. The third kappa shape index (κ3) is 4.69. The molecule has 0 atom stereocenters. The molecule has 0 spiro atoms. The number of sulfonamides is 1. The summed E-state index contributed by atoms with van der Waals surface area (Å²) in [6.07, 6.45) is 2.37. The summed E-state index contributed by atoms with van der Waals surface area (Å²) in [6, 6.07) is 5.02. The van der Waals surface area contributed by atoms with Gasteiger partial charge in [0.05, 0.1) is 6.26 Å². The molecule has 1 aliphatic heterocycles. The second-order valence-corrected chi connectivity index (χ2v) is 7.93. The predicted molar refractivity (Wildman–Crippen MR) is 85.5 cm³/mol. The van der Waals surface area contributed by atoms with Gasteiger partial charge in [-0.25, -0.2) is 13.1 Å². The molecule has 1 aliphatic rings. The van der Waals surface area contributed by atoms with Crippen molar-refractivity contribution in [3.8, 4) is 0 Å². The first-order valence-corrected chi connectivity index (χ1v) is 9.26. The first-order chi connectivity index (χ1) is 9.74. The number of likely N-dealkylation sites (tertiary alicyclic amines) is 1. The van der Waals surface area contributed by atoms with E-state index in [2.05, 4.69) is 20.7 Å². The number of nitrogens with one attached hydrogen (secondary N) is 1. The average Bonchev–Trinajstić information content (AvgIpc) is 2.35. The number of hydrogen-bond acceptors (Lipinski definition) is 4. The van der Waals surface area contributed by atoms with Crippen LogP contribution in [0.1, 0.15) is 23.2 Å². The molecule has 2 rings (SSSR count). The van der Waals surface area contributed by atoms with Gasteiger partial charge in [0, 0.05) is 34.9 Å². The number of nitrogens with zero attached hydrogens (tertiary/aromatic N) is 1. The number of halogens is 1. The highest BCUT2D eigenvalue weighted by Gasteiger charge is 2.25. The fourth-order valence-electron chi connectivity index (χ4n) is 2.42. The van der Waals surface area contributed by atoms with Crippen LogP contribution >= 0.6 is 15.9 Å². The molecule has 0 saturated carbocycles. The van der Waals surface area contributed by atoms with Crippen LogP contribution in [0.4, 0.5) is 5.69 Å². The van der Waals surface area contributed by atoms with Gasteiger partial charge in [0.2, 0.25) is 10.0 Å². The quantitative estimate of drug-likeness (QED) is 0.775. The standard InChI is InChI=1S/C13H18BrN3O3S/c1-21(19,20)16-12-2-4-17(5-3-12)13(18)9-6-10(14)8-11(15)7-9/h6-8,12,16H,2-5,15H2,1H3. The highest BCUT2D eigenvalue weighted by Crippen LogP contribution is 2.20. The molecule has 1 aromatic rings. The van der Waals surface area contributed by atoms with Crippen LogP contribution in [0.5, 0.6) is 0 Å². The minimum absolute atomic E-state index is 0.0826. The van der Waals surface area contributed by atoms with Gasteiger partial charge in [-0.3, -0.25) is 4.79 Å². The van der Waals surface area contributed by atoms with Crippen LogP contribution in [0, 0.1) is 0 Å². The fourth-order valence-corrected chi connectivity index (χ4v) is 3.77. The molecule has 1 heterocycles. The second-order valence-electron chi connectivity index (χ2n) is 5.23. The molecule has 0 radical (unpaired) electrons. The Labute approximate surface area is 132 Å². The zero-order valence-corrected chi connectivity index (χ0v) is 14.1. The molecule has 0 aliphatic carbocycles. The number of carbonyl (C=O) groups excluding carboxylic acids is 1. The third-order valence-electron chi connectivity index (χ3n) is 3.33. The van der Waals surface area contributed by atoms with Gasteiger partial charge in [0.15, 0.2) is 0 Å². The molecular weight excluding hydrogens is 358 g/mol. The summed E-state index contributed by atoms with van der Waals surface area (Å²) in [5.74, 6) is -0.0826. The largest absolute Gasteiger partial charge is 0.399 e. The van der Waals surface area contributed by atoms with Crippen LogP contribution in [0.3, 0.4) is 0 Å². The molecule has 1 saturated heterocycles. The summed E-state index contributed by atoms with van der Waals surface area (Å²) in [5.41, 5.74) is 6.81. The van der Waals surface area contributed by atoms with Gasteiger partial charge >= 0.3 is 0 Å². The van der Waals surface area contributed by atoms with Crippen molar-refractivity contribution in [2.24, 2.45) is 0 Å². The first-order valence-electron chi connectivity index (χ1n) is 6.57. The Bertz CT molecular complexity index is 620. The Balaban J connectivity index is 2.00. The van der Waals surface area contributed by atoms with Crippen LogP contribution in [0.2, 0.25) is 0 Å². The summed E-state index contributed by atoms with van der Waals surface area (Å²) in [6.45, 7) is 1.05. The Morgan fingerprint density at radius 3 is 2.48 bits per heavy atom. The van der Waals surface area contributed by atoms with E-state index in [-0.39, 0.29) is 11.9 Å². The van der Waals surface area contributed by atoms with E-state index >= 15 is 0 Å². The average molecular weight is 376 g/mol. The summed E-state index contributed by atoms with van der Waals surface area (Å²) >= 11 is 3.32. The van der Waals surface area contributed by atoms with Crippen molar-refractivity contribution in [2.45, 2.75) is 18.9 Å². The molecule has 21 heavy (non-hydrogen) atoms. The minimum atomic E-state index is -3.20. The number of rotatable bonds is 3. The van der Waals surface area contributed by atoms with Crippen LogP contribution in [0.15, 0.2) is 22.7 Å². The molecule has 8 heteroatoms. The summed E-state index contributed by atoms with van der Waals surface area (Å²) < 4.78 is 25.7. The fraction of sp³-hybridized carbons (Fsp3) is 0.462. The zero-order chi connectivity index (χ0) is 15.6. The number of amides is 1. The molecule has 3 N–H and O–H groups in total. The number of piperidine rings is 1. The predicted octanol–water partition coefficient (Wildman–Crippen LogP) is 1.19. The normalized spacial score (nSPS) is 17.0. The van der Waals surface area contributed by atoms with Gasteiger partial charge in [-0.05, 0) is 31.0 Å². The van der Waals surface area contributed by atoms with Crippen molar-refractivity contribution in [3.63, 3.8) is 0 Å². The lowest BCUT2D eigenvalue weighted by Gasteiger charge is -2.32. The van der Waals surface area contributed by atoms with E-state index < -0.39 is 10.0 Å². The van der Waals surface area contributed by atoms with E-state index in [0.717, 1.165) is 10.7 Å². The van der Waals surface area contributed by atoms with Crippen LogP contribution in [0.25, 0.3) is 0 Å². The Morgan fingerprint density at radius 2 is 1.95 bits per heavy atom. The van der Waals surface area contributed by atoms with E-state index in [4.69, 9.17) is 5.73 Å². The van der Waals surface area contributed by atoms with E-state index in [1.807, 2.05) is 0 Å². The molecule has 6 nitrogen and oxygen atoms in total. The summed E-state index contributed by atoms with van der Waals surface area (Å²) in [5, 5.41) is 0. The van der Waals surface area contributed by atoms with Crippen LogP contribution in [-0.2, 0) is 10.0 Å². The highest BCUT2D eigenvalue weighted by molar-refractivity contribution is 9.10. The van der Waals surface area contributed by atoms with Crippen LogP contribution < -0.4 is 10.5 Å². The van der Waals surface area contributed by atoms with Gasteiger partial charge in [0.1, 0.15) is 0 Å². The zero-order valence-electron chi connectivity index (χ0n) is 11.7. The maximum atomic E-state index is 12.4. The molecule has 1 amide bonds. The van der Waals surface area contributed by atoms with Crippen molar-refractivity contribution in [3.05, 3.63) is 28.2 Å². The van der Waals surface area contributed by atoms with Gasteiger partial charge in [0.25, 0.3) is 5.91 Å². The SMILES string of the molecule is CS(=O)(=O)NC1CCN(C(=O)c2cc(N)cc(Br)c2)CC1. The first kappa shape index (κ1) is 16.3. The number of nitrogens with two attached hydrogens (primary N) is 1. The van der Waals surface area contributed by atoms with Gasteiger partial charge in [-0.1, -0.05) is 15.9 Å². The van der Waals surface area contributed by atoms with E-state index in [1.165, 1.54) is 0 Å². The number of carbonyl (C=O) groups is 1. The number of hydrogen-bond donors (Lipinski definition) is 2. The molecule has 0 bridgehead atoms. The third-order valence-corrected chi connectivity index (χ3v) is 4.55. The van der Waals surface area contributed by atoms with E-state index in [1.54, 1.807) is 23.1 Å². The maximum absolute atomic E-state index is 12.4. The lowest BCUT2D eigenvalue weighted by molar-refractivity contribution is 0.0711. The smallest absolute Gasteiger partial charge is 0.253 e. The maximum Gasteiger partial charge on any atom is 0.253 e. The van der Waals surface area contributed by atoms with Gasteiger partial charge in [-0.15, -0.1) is 0 Å². The van der Waals surface area contributed by atoms with Crippen molar-refractivity contribution in [1.82, 2.24) is 9.62 Å². The topological polar surface area (TPSA) is 92.5 Å². The van der Waals surface area contributed by atoms with Gasteiger partial charge in [-0.2, -0.15) is 0 Å². The van der Waals surface area contributed by atoms with Crippen molar-refractivity contribution in [1.29, 1.82) is 0 Å². The van der Waals surface area contributed by atoms with Crippen molar-refractivity contribution < 1.29 is 13.2 Å². The molecule has 1 fully saturated rings. The lowest BCUT2D eigenvalue weighted by Crippen LogP contribution is -2.46. The molecular formula is C13H18BrN3O3S. The monoisotopic (exact) mass is 375 g/mol. The van der Waals surface area contributed by atoms with E-state index in [9.17, 15) is 13.2 Å². The number of nitrogen functional groups attached to an aromatic ring is 1. The molecule has 1 aromatic carbocycles. The highest BCUT2D eigenvalue weighted by atomic mass is 79.9. The van der Waals surface area contributed by atoms with Gasteiger partial charge < -0.3 is 10.6 Å². The van der Waals surface area contributed by atoms with Crippen molar-refractivity contribution >= 4 is 37.5 Å². The number of benzene rings is 1. The number of anilines is 1.